The second kappa shape index (κ2) is 7.39. The monoisotopic (exact) mass is 398 g/mol. The molecule has 0 radical (unpaired) electrons. The van der Waals surface area contributed by atoms with Crippen LogP contribution in [0.25, 0.3) is 0 Å². The third-order valence-corrected chi connectivity index (χ3v) is 6.62. The maximum atomic E-state index is 12.6. The number of likely N-dealkylation sites (tertiary alicyclic amines) is 1. The van der Waals surface area contributed by atoms with Crippen molar-refractivity contribution in [1.82, 2.24) is 4.90 Å². The molecule has 0 N–H and O–H groups in total. The molecule has 0 saturated carbocycles. The zero-order chi connectivity index (χ0) is 19.7. The molecular formula is C21H22N2O4S. The first-order chi connectivity index (χ1) is 13.5. The summed E-state index contributed by atoms with van der Waals surface area (Å²) in [4.78, 5) is 14.7. The number of benzene rings is 2. The maximum absolute atomic E-state index is 12.6. The van der Waals surface area contributed by atoms with Gasteiger partial charge in [-0.25, -0.2) is 0 Å². The van der Waals surface area contributed by atoms with Crippen LogP contribution in [0.4, 0.5) is 0 Å². The summed E-state index contributed by atoms with van der Waals surface area (Å²) in [5.74, 6) is -0.106. The molecule has 1 saturated heterocycles. The van der Waals surface area contributed by atoms with Gasteiger partial charge in [0.1, 0.15) is 11.5 Å². The molecule has 0 aliphatic carbocycles. The minimum Gasteiger partial charge on any atom is -0.461 e. The van der Waals surface area contributed by atoms with Gasteiger partial charge in [0, 0.05) is 18.7 Å². The van der Waals surface area contributed by atoms with Crippen molar-refractivity contribution in [2.75, 3.05) is 13.1 Å². The lowest BCUT2D eigenvalue weighted by Gasteiger charge is -2.33. The number of ether oxygens (including phenoxy) is 1. The molecule has 1 atom stereocenters. The number of carbonyl (C=O) groups excluding carboxylic acids is 1. The summed E-state index contributed by atoms with van der Waals surface area (Å²) < 4.78 is 34.1. The van der Waals surface area contributed by atoms with E-state index in [1.54, 1.807) is 24.3 Å². The Morgan fingerprint density at radius 1 is 1.18 bits per heavy atom. The summed E-state index contributed by atoms with van der Waals surface area (Å²) in [6.45, 7) is 3.32. The smallest absolute Gasteiger partial charge is 0.311 e. The molecule has 2 aliphatic rings. The van der Waals surface area contributed by atoms with Crippen LogP contribution in [-0.2, 0) is 26.2 Å². The Bertz CT molecular complexity index is 1050. The lowest BCUT2D eigenvalue weighted by atomic mass is 9.97. The summed E-state index contributed by atoms with van der Waals surface area (Å²) in [7, 11) is -3.66. The van der Waals surface area contributed by atoms with Crippen LogP contribution in [0, 0.1) is 12.8 Å². The number of aryl methyl sites for hydroxylation is 1. The van der Waals surface area contributed by atoms with Crippen molar-refractivity contribution in [1.29, 1.82) is 0 Å². The number of hydrogen-bond donors (Lipinski definition) is 0. The molecule has 2 aromatic carbocycles. The number of piperidine rings is 1. The largest absolute Gasteiger partial charge is 0.461 e. The Hall–Kier alpha value is -2.67. The number of sulfonamides is 1. The van der Waals surface area contributed by atoms with Gasteiger partial charge in [-0.15, -0.1) is 4.40 Å². The van der Waals surface area contributed by atoms with Gasteiger partial charge in [0.05, 0.1) is 5.92 Å². The molecule has 146 valence electrons. The highest BCUT2D eigenvalue weighted by Crippen LogP contribution is 2.30. The van der Waals surface area contributed by atoms with Crippen LogP contribution in [0.2, 0.25) is 0 Å². The van der Waals surface area contributed by atoms with Crippen LogP contribution in [0.5, 0.6) is 0 Å². The molecule has 2 aliphatic heterocycles. The number of nitrogens with zero attached hydrogens (tertiary/aromatic N) is 2. The van der Waals surface area contributed by atoms with E-state index in [2.05, 4.69) is 4.40 Å². The van der Waals surface area contributed by atoms with Gasteiger partial charge >= 0.3 is 5.97 Å². The van der Waals surface area contributed by atoms with Crippen molar-refractivity contribution in [3.8, 4) is 0 Å². The number of carbonyl (C=O) groups is 1. The van der Waals surface area contributed by atoms with E-state index >= 15 is 0 Å². The van der Waals surface area contributed by atoms with Gasteiger partial charge in [-0.1, -0.05) is 36.4 Å². The van der Waals surface area contributed by atoms with Crippen LogP contribution < -0.4 is 0 Å². The molecule has 0 spiro atoms. The van der Waals surface area contributed by atoms with Crippen LogP contribution in [-0.4, -0.2) is 38.2 Å². The van der Waals surface area contributed by atoms with Crippen molar-refractivity contribution in [2.45, 2.75) is 31.3 Å². The highest BCUT2D eigenvalue weighted by molar-refractivity contribution is 7.90. The zero-order valence-corrected chi connectivity index (χ0v) is 16.5. The quantitative estimate of drug-likeness (QED) is 0.743. The summed E-state index contributed by atoms with van der Waals surface area (Å²) in [6, 6.07) is 14.6. The fraction of sp³-hybridized carbons (Fsp3) is 0.333. The molecule has 0 amide bonds. The van der Waals surface area contributed by atoms with Crippen LogP contribution in [0.3, 0.4) is 0 Å². The minimum absolute atomic E-state index is 0.231. The second-order valence-electron chi connectivity index (χ2n) is 7.21. The second-order valence-corrected chi connectivity index (χ2v) is 8.78. The number of rotatable bonds is 3. The standard InChI is InChI=1S/C21H22N2O4S/c1-15-7-2-3-8-17(15)14-27-21(24)16-9-6-12-23(13-16)20-18-10-4-5-11-19(18)28(25,26)22-20/h2-5,7-8,10-11,16H,6,9,12-14H2,1H3/t16-/m1/s1. The van der Waals surface area contributed by atoms with Crippen LogP contribution in [0.15, 0.2) is 57.8 Å². The fourth-order valence-corrected chi connectivity index (χ4v) is 4.94. The molecule has 7 heteroatoms. The third-order valence-electron chi connectivity index (χ3n) is 5.30. The Balaban J connectivity index is 1.47. The first-order valence-corrected chi connectivity index (χ1v) is 10.8. The van der Waals surface area contributed by atoms with E-state index in [0.29, 0.717) is 24.5 Å². The summed E-state index contributed by atoms with van der Waals surface area (Å²) >= 11 is 0. The van der Waals surface area contributed by atoms with Crippen LogP contribution >= 0.6 is 0 Å². The Kier molecular flexibility index (Phi) is 4.93. The molecule has 2 heterocycles. The van der Waals surface area contributed by atoms with Crippen molar-refractivity contribution >= 4 is 21.8 Å². The first-order valence-electron chi connectivity index (χ1n) is 9.36. The zero-order valence-electron chi connectivity index (χ0n) is 15.7. The topological polar surface area (TPSA) is 76.0 Å². The molecule has 2 aromatic rings. The molecule has 4 rings (SSSR count). The SMILES string of the molecule is Cc1ccccc1COC(=O)[C@@H]1CCCN(C2=NS(=O)(=O)c3ccccc32)C1. The van der Waals surface area contributed by atoms with Crippen LogP contribution in [0.1, 0.15) is 29.5 Å². The predicted molar refractivity (Wildman–Crippen MR) is 105 cm³/mol. The van der Waals surface area contributed by atoms with Gasteiger partial charge in [0.25, 0.3) is 10.0 Å². The van der Waals surface area contributed by atoms with Crippen molar-refractivity contribution in [3.63, 3.8) is 0 Å². The molecule has 28 heavy (non-hydrogen) atoms. The Morgan fingerprint density at radius 3 is 2.75 bits per heavy atom. The lowest BCUT2D eigenvalue weighted by Crippen LogP contribution is -2.42. The number of amidine groups is 1. The van der Waals surface area contributed by atoms with E-state index in [9.17, 15) is 13.2 Å². The first kappa shape index (κ1) is 18.7. The summed E-state index contributed by atoms with van der Waals surface area (Å²) in [5.41, 5.74) is 2.68. The number of hydrogen-bond acceptors (Lipinski definition) is 5. The lowest BCUT2D eigenvalue weighted by molar-refractivity contribution is -0.151. The van der Waals surface area contributed by atoms with E-state index in [4.69, 9.17) is 4.74 Å². The van der Waals surface area contributed by atoms with E-state index in [1.807, 2.05) is 36.1 Å². The van der Waals surface area contributed by atoms with Crippen molar-refractivity contribution in [3.05, 3.63) is 65.2 Å². The Morgan fingerprint density at radius 2 is 1.93 bits per heavy atom. The highest BCUT2D eigenvalue weighted by atomic mass is 32.2. The number of esters is 1. The number of fused-ring (bicyclic) bond motifs is 1. The fourth-order valence-electron chi connectivity index (χ4n) is 3.72. The van der Waals surface area contributed by atoms with Gasteiger partial charge < -0.3 is 9.64 Å². The molecule has 0 unspecified atom stereocenters. The van der Waals surface area contributed by atoms with Crippen molar-refractivity contribution in [2.24, 2.45) is 10.3 Å². The highest BCUT2D eigenvalue weighted by Gasteiger charge is 2.35. The molecule has 6 nitrogen and oxygen atoms in total. The summed E-state index contributed by atoms with van der Waals surface area (Å²) in [5, 5.41) is 0. The average Bonchev–Trinajstić information content (AvgIpc) is 2.99. The van der Waals surface area contributed by atoms with E-state index in [1.165, 1.54) is 0 Å². The average molecular weight is 398 g/mol. The molecule has 0 bridgehead atoms. The van der Waals surface area contributed by atoms with E-state index in [0.717, 1.165) is 24.0 Å². The van der Waals surface area contributed by atoms with Gasteiger partial charge in [-0.05, 0) is 43.0 Å². The maximum Gasteiger partial charge on any atom is 0.311 e. The Labute approximate surface area is 164 Å². The van der Waals surface area contributed by atoms with Gasteiger partial charge in [0.2, 0.25) is 0 Å². The van der Waals surface area contributed by atoms with Gasteiger partial charge in [-0.3, -0.25) is 4.79 Å². The van der Waals surface area contributed by atoms with Gasteiger partial charge in [0.15, 0.2) is 5.84 Å². The minimum atomic E-state index is -3.66. The van der Waals surface area contributed by atoms with E-state index < -0.39 is 10.0 Å². The van der Waals surface area contributed by atoms with E-state index in [-0.39, 0.29) is 23.4 Å². The molecular weight excluding hydrogens is 376 g/mol. The molecule has 0 aromatic heterocycles. The summed E-state index contributed by atoms with van der Waals surface area (Å²) in [6.07, 6.45) is 1.51. The third kappa shape index (κ3) is 3.54. The van der Waals surface area contributed by atoms with Gasteiger partial charge in [-0.2, -0.15) is 8.42 Å². The predicted octanol–water partition coefficient (Wildman–Crippen LogP) is 2.90. The molecule has 1 fully saturated rings. The van der Waals surface area contributed by atoms with Crippen molar-refractivity contribution < 1.29 is 17.9 Å². The normalized spacial score (nSPS) is 20.4.